The molecule has 0 atom stereocenters. The van der Waals surface area contributed by atoms with Crippen molar-refractivity contribution in [2.45, 2.75) is 5.16 Å². The first-order valence-electron chi connectivity index (χ1n) is 6.66. The second-order valence-electron chi connectivity index (χ2n) is 4.61. The molecule has 1 aromatic carbocycles. The second kappa shape index (κ2) is 7.16. The molecule has 124 valence electrons. The Morgan fingerprint density at radius 1 is 1.33 bits per heavy atom. The monoisotopic (exact) mass is 383 g/mol. The molecule has 7 nitrogen and oxygen atoms in total. The number of hydrogen-bond acceptors (Lipinski definition) is 6. The number of thioether (sulfide) groups is 1. The molecule has 0 aliphatic carbocycles. The summed E-state index contributed by atoms with van der Waals surface area (Å²) in [7, 11) is 0. The van der Waals surface area contributed by atoms with Crippen LogP contribution in [-0.2, 0) is 4.79 Å². The zero-order valence-electron chi connectivity index (χ0n) is 12.1. The SMILES string of the molecule is Nn1c(SCC(=O)Nc2ccc(Cl)cc2Cl)nnc1-c1ccco1. The summed E-state index contributed by atoms with van der Waals surface area (Å²) in [6.07, 6.45) is 1.51. The van der Waals surface area contributed by atoms with Crippen molar-refractivity contribution in [3.8, 4) is 11.6 Å². The van der Waals surface area contributed by atoms with Gasteiger partial charge in [-0.2, -0.15) is 0 Å². The van der Waals surface area contributed by atoms with E-state index in [0.29, 0.717) is 32.5 Å². The Morgan fingerprint density at radius 2 is 2.17 bits per heavy atom. The van der Waals surface area contributed by atoms with E-state index >= 15 is 0 Å². The van der Waals surface area contributed by atoms with Gasteiger partial charge in [0, 0.05) is 5.02 Å². The normalized spacial score (nSPS) is 10.8. The van der Waals surface area contributed by atoms with Crippen molar-refractivity contribution in [2.75, 3.05) is 16.9 Å². The van der Waals surface area contributed by atoms with Gasteiger partial charge in [-0.3, -0.25) is 4.79 Å². The van der Waals surface area contributed by atoms with Crippen LogP contribution in [0, 0.1) is 0 Å². The first kappa shape index (κ1) is 16.7. The molecule has 3 N–H and O–H groups in total. The Hall–Kier alpha value is -2.16. The van der Waals surface area contributed by atoms with Gasteiger partial charge in [-0.15, -0.1) is 10.2 Å². The van der Waals surface area contributed by atoms with Gasteiger partial charge in [0.25, 0.3) is 0 Å². The van der Waals surface area contributed by atoms with Crippen LogP contribution in [0.1, 0.15) is 0 Å². The highest BCUT2D eigenvalue weighted by Crippen LogP contribution is 2.26. The number of halogens is 2. The highest BCUT2D eigenvalue weighted by atomic mass is 35.5. The molecule has 0 saturated heterocycles. The third kappa shape index (κ3) is 3.66. The quantitative estimate of drug-likeness (QED) is 0.517. The average Bonchev–Trinajstić information content (AvgIpc) is 3.18. The zero-order valence-corrected chi connectivity index (χ0v) is 14.4. The number of nitrogen functional groups attached to an aromatic ring is 1. The first-order valence-corrected chi connectivity index (χ1v) is 8.41. The minimum absolute atomic E-state index is 0.0897. The third-order valence-electron chi connectivity index (χ3n) is 2.94. The summed E-state index contributed by atoms with van der Waals surface area (Å²) >= 11 is 13.0. The first-order chi connectivity index (χ1) is 11.5. The van der Waals surface area contributed by atoms with Gasteiger partial charge >= 0.3 is 0 Å². The topological polar surface area (TPSA) is 99.0 Å². The number of nitrogens with two attached hydrogens (primary N) is 1. The van der Waals surface area contributed by atoms with Crippen LogP contribution in [0.4, 0.5) is 5.69 Å². The summed E-state index contributed by atoms with van der Waals surface area (Å²) in [5.74, 6) is 6.62. The lowest BCUT2D eigenvalue weighted by molar-refractivity contribution is -0.113. The van der Waals surface area contributed by atoms with Crippen LogP contribution >= 0.6 is 35.0 Å². The Balaban J connectivity index is 1.62. The molecule has 0 unspecified atom stereocenters. The summed E-state index contributed by atoms with van der Waals surface area (Å²) < 4.78 is 6.49. The maximum Gasteiger partial charge on any atom is 0.234 e. The van der Waals surface area contributed by atoms with Crippen LogP contribution in [0.3, 0.4) is 0 Å². The fourth-order valence-corrected chi connectivity index (χ4v) is 2.97. The summed E-state index contributed by atoms with van der Waals surface area (Å²) in [6.45, 7) is 0. The number of anilines is 1. The number of rotatable bonds is 5. The predicted octanol–water partition coefficient (Wildman–Crippen LogP) is 3.29. The highest BCUT2D eigenvalue weighted by molar-refractivity contribution is 7.99. The van der Waals surface area contributed by atoms with Crippen molar-refractivity contribution in [1.82, 2.24) is 14.9 Å². The Bertz CT molecular complexity index is 866. The Kier molecular flexibility index (Phi) is 4.98. The number of benzene rings is 1. The number of furan rings is 1. The molecule has 0 aliphatic rings. The molecule has 2 heterocycles. The maximum absolute atomic E-state index is 12.0. The third-order valence-corrected chi connectivity index (χ3v) is 4.43. The predicted molar refractivity (Wildman–Crippen MR) is 93.7 cm³/mol. The van der Waals surface area contributed by atoms with E-state index in [9.17, 15) is 4.79 Å². The Morgan fingerprint density at radius 3 is 2.88 bits per heavy atom. The van der Waals surface area contributed by atoms with Crippen LogP contribution < -0.4 is 11.2 Å². The fraction of sp³-hybridized carbons (Fsp3) is 0.0714. The lowest BCUT2D eigenvalue weighted by Gasteiger charge is -2.07. The van der Waals surface area contributed by atoms with E-state index in [2.05, 4.69) is 15.5 Å². The molecule has 0 radical (unpaired) electrons. The molecule has 0 bridgehead atoms. The summed E-state index contributed by atoms with van der Waals surface area (Å²) in [5.41, 5.74) is 0.483. The number of nitrogens with one attached hydrogen (secondary N) is 1. The second-order valence-corrected chi connectivity index (χ2v) is 6.40. The van der Waals surface area contributed by atoms with E-state index in [1.807, 2.05) is 0 Å². The number of amides is 1. The van der Waals surface area contributed by atoms with Crippen molar-refractivity contribution in [2.24, 2.45) is 0 Å². The standard InChI is InChI=1S/C14H11Cl2N5O2S/c15-8-3-4-10(9(16)6-8)18-12(22)7-24-14-20-19-13(21(14)17)11-2-1-5-23-11/h1-6H,7,17H2,(H,18,22). The molecular weight excluding hydrogens is 373 g/mol. The van der Waals surface area contributed by atoms with Gasteiger partial charge in [0.1, 0.15) is 0 Å². The number of carbonyl (C=O) groups excluding carboxylic acids is 1. The van der Waals surface area contributed by atoms with Gasteiger partial charge in [-0.05, 0) is 30.3 Å². The van der Waals surface area contributed by atoms with Crippen LogP contribution in [0.15, 0.2) is 46.2 Å². The zero-order chi connectivity index (χ0) is 17.1. The van der Waals surface area contributed by atoms with Crippen molar-refractivity contribution in [3.05, 3.63) is 46.6 Å². The van der Waals surface area contributed by atoms with Crippen molar-refractivity contribution in [1.29, 1.82) is 0 Å². The molecule has 1 amide bonds. The fourth-order valence-electron chi connectivity index (χ4n) is 1.86. The number of aromatic nitrogens is 3. The van der Waals surface area contributed by atoms with Gasteiger partial charge in [0.2, 0.25) is 16.9 Å². The van der Waals surface area contributed by atoms with Crippen LogP contribution in [0.5, 0.6) is 0 Å². The number of carbonyl (C=O) groups is 1. The van der Waals surface area contributed by atoms with E-state index < -0.39 is 0 Å². The number of hydrogen-bond donors (Lipinski definition) is 2. The van der Waals surface area contributed by atoms with Gasteiger partial charge < -0.3 is 15.6 Å². The molecule has 10 heteroatoms. The minimum Gasteiger partial charge on any atom is -0.461 e. The molecule has 3 rings (SSSR count). The van der Waals surface area contributed by atoms with Crippen molar-refractivity contribution >= 4 is 46.6 Å². The van der Waals surface area contributed by atoms with Crippen molar-refractivity contribution < 1.29 is 9.21 Å². The van der Waals surface area contributed by atoms with E-state index in [1.54, 1.807) is 30.3 Å². The molecule has 0 saturated carbocycles. The van der Waals surface area contributed by atoms with Crippen LogP contribution in [0.25, 0.3) is 11.6 Å². The Labute approximate surface area is 151 Å². The van der Waals surface area contributed by atoms with Crippen molar-refractivity contribution in [3.63, 3.8) is 0 Å². The molecule has 24 heavy (non-hydrogen) atoms. The van der Waals surface area contributed by atoms with Gasteiger partial charge in [0.05, 0.1) is 22.7 Å². The van der Waals surface area contributed by atoms with E-state index in [0.717, 1.165) is 11.8 Å². The maximum atomic E-state index is 12.0. The molecular formula is C14H11Cl2N5O2S. The van der Waals surface area contributed by atoms with Gasteiger partial charge in [-0.25, -0.2) is 4.68 Å². The highest BCUT2D eigenvalue weighted by Gasteiger charge is 2.15. The minimum atomic E-state index is -0.258. The van der Waals surface area contributed by atoms with Gasteiger partial charge in [-0.1, -0.05) is 35.0 Å². The number of nitrogens with zero attached hydrogens (tertiary/aromatic N) is 3. The summed E-state index contributed by atoms with van der Waals surface area (Å²) in [5, 5.41) is 11.8. The summed E-state index contributed by atoms with van der Waals surface area (Å²) in [6, 6.07) is 8.27. The van der Waals surface area contributed by atoms with Crippen LogP contribution in [-0.4, -0.2) is 26.5 Å². The largest absolute Gasteiger partial charge is 0.461 e. The molecule has 2 aromatic heterocycles. The molecule has 0 spiro atoms. The van der Waals surface area contributed by atoms with E-state index in [1.165, 1.54) is 10.9 Å². The molecule has 0 aliphatic heterocycles. The lowest BCUT2D eigenvalue weighted by atomic mass is 10.3. The lowest BCUT2D eigenvalue weighted by Crippen LogP contribution is -2.16. The summed E-state index contributed by atoms with van der Waals surface area (Å²) in [4.78, 5) is 12.0. The van der Waals surface area contributed by atoms with E-state index in [4.69, 9.17) is 33.5 Å². The van der Waals surface area contributed by atoms with Gasteiger partial charge in [0.15, 0.2) is 5.76 Å². The average molecular weight is 384 g/mol. The smallest absolute Gasteiger partial charge is 0.234 e. The molecule has 0 fully saturated rings. The van der Waals surface area contributed by atoms with Crippen LogP contribution in [0.2, 0.25) is 10.0 Å². The van der Waals surface area contributed by atoms with E-state index in [-0.39, 0.29) is 11.7 Å². The molecule has 3 aromatic rings.